The normalized spacial score (nSPS) is 10.2. The number of rotatable bonds is 6. The smallest absolute Gasteiger partial charge is 0.321 e. The molecule has 27 heavy (non-hydrogen) atoms. The van der Waals surface area contributed by atoms with E-state index < -0.39 is 5.97 Å². The van der Waals surface area contributed by atoms with Crippen LogP contribution < -0.4 is 0 Å². The summed E-state index contributed by atoms with van der Waals surface area (Å²) >= 11 is 2.64. The Morgan fingerprint density at radius 3 is 2.78 bits per heavy atom. The summed E-state index contributed by atoms with van der Waals surface area (Å²) < 4.78 is 18.0. The Balaban J connectivity index is 2.10. The standard InChI is InChI=1S/C20H13FN2O2S2/c1-2-25-19(24)12-27-20-16(11-22)15(13-5-7-14(21)8-6-13)10-17(23-20)18-4-3-9-26-18/h2-10H,1,12H2. The van der Waals surface area contributed by atoms with E-state index in [1.165, 1.54) is 23.5 Å². The van der Waals surface area contributed by atoms with Crippen LogP contribution in [0.4, 0.5) is 4.39 Å². The quantitative estimate of drug-likeness (QED) is 0.323. The summed E-state index contributed by atoms with van der Waals surface area (Å²) in [6, 6.07) is 13.7. The van der Waals surface area contributed by atoms with Gasteiger partial charge in [-0.15, -0.1) is 11.3 Å². The molecule has 0 aliphatic rings. The third-order valence-corrected chi connectivity index (χ3v) is 5.41. The van der Waals surface area contributed by atoms with E-state index in [1.807, 2.05) is 23.6 Å². The summed E-state index contributed by atoms with van der Waals surface area (Å²) in [4.78, 5) is 17.2. The number of thioether (sulfide) groups is 1. The van der Waals surface area contributed by atoms with Gasteiger partial charge in [0.25, 0.3) is 0 Å². The first kappa shape index (κ1) is 18.8. The summed E-state index contributed by atoms with van der Waals surface area (Å²) in [5, 5.41) is 12.0. The minimum atomic E-state index is -0.481. The van der Waals surface area contributed by atoms with Gasteiger partial charge in [0.15, 0.2) is 0 Å². The lowest BCUT2D eigenvalue weighted by atomic mass is 10.0. The molecule has 3 aromatic rings. The van der Waals surface area contributed by atoms with Gasteiger partial charge in [0.1, 0.15) is 16.9 Å². The topological polar surface area (TPSA) is 63.0 Å². The molecule has 0 unspecified atom stereocenters. The van der Waals surface area contributed by atoms with Gasteiger partial charge in [0.2, 0.25) is 0 Å². The van der Waals surface area contributed by atoms with Gasteiger partial charge in [-0.2, -0.15) is 5.26 Å². The Hall–Kier alpha value is -2.95. The predicted octanol–water partition coefficient (Wildman–Crippen LogP) is 5.27. The molecule has 2 aromatic heterocycles. The fourth-order valence-electron chi connectivity index (χ4n) is 2.40. The van der Waals surface area contributed by atoms with E-state index >= 15 is 0 Å². The highest BCUT2D eigenvalue weighted by atomic mass is 32.2. The number of nitrogens with zero attached hydrogens (tertiary/aromatic N) is 2. The van der Waals surface area contributed by atoms with Gasteiger partial charge in [0.05, 0.1) is 28.1 Å². The fourth-order valence-corrected chi connectivity index (χ4v) is 3.87. The van der Waals surface area contributed by atoms with Gasteiger partial charge in [-0.3, -0.25) is 4.79 Å². The van der Waals surface area contributed by atoms with Gasteiger partial charge in [-0.1, -0.05) is 36.5 Å². The Bertz CT molecular complexity index is 1010. The lowest BCUT2D eigenvalue weighted by Crippen LogP contribution is -2.04. The van der Waals surface area contributed by atoms with Crippen molar-refractivity contribution >= 4 is 29.1 Å². The summed E-state index contributed by atoms with van der Waals surface area (Å²) in [5.74, 6) is -0.845. The monoisotopic (exact) mass is 396 g/mol. The van der Waals surface area contributed by atoms with Crippen LogP contribution in [0.25, 0.3) is 21.7 Å². The van der Waals surface area contributed by atoms with Crippen LogP contribution in [0.5, 0.6) is 0 Å². The van der Waals surface area contributed by atoms with Crippen molar-refractivity contribution in [3.05, 3.63) is 72.1 Å². The number of aromatic nitrogens is 1. The first-order chi connectivity index (χ1) is 13.1. The SMILES string of the molecule is C=COC(=O)CSc1nc(-c2cccs2)cc(-c2ccc(F)cc2)c1C#N. The van der Waals surface area contributed by atoms with Crippen molar-refractivity contribution in [1.82, 2.24) is 4.98 Å². The highest BCUT2D eigenvalue weighted by molar-refractivity contribution is 7.99. The number of hydrogen-bond donors (Lipinski definition) is 0. The molecule has 0 N–H and O–H groups in total. The van der Waals surface area contributed by atoms with Crippen molar-refractivity contribution < 1.29 is 13.9 Å². The first-order valence-corrected chi connectivity index (χ1v) is 9.67. The van der Waals surface area contributed by atoms with Crippen molar-refractivity contribution in [3.8, 4) is 27.8 Å². The predicted molar refractivity (Wildman–Crippen MR) is 105 cm³/mol. The van der Waals surface area contributed by atoms with Gasteiger partial charge < -0.3 is 4.74 Å². The van der Waals surface area contributed by atoms with Crippen LogP contribution in [0.2, 0.25) is 0 Å². The van der Waals surface area contributed by atoms with Crippen molar-refractivity contribution in [3.63, 3.8) is 0 Å². The van der Waals surface area contributed by atoms with Crippen LogP contribution in [0.1, 0.15) is 5.56 Å². The zero-order chi connectivity index (χ0) is 19.2. The van der Waals surface area contributed by atoms with Gasteiger partial charge in [-0.05, 0) is 35.2 Å². The Kier molecular flexibility index (Phi) is 6.01. The molecular weight excluding hydrogens is 383 g/mol. The highest BCUT2D eigenvalue weighted by Crippen LogP contribution is 2.35. The molecule has 7 heteroatoms. The summed E-state index contributed by atoms with van der Waals surface area (Å²) in [6.07, 6.45) is 1.06. The van der Waals surface area contributed by atoms with Gasteiger partial charge in [-0.25, -0.2) is 9.37 Å². The van der Waals surface area contributed by atoms with E-state index in [9.17, 15) is 14.4 Å². The minimum absolute atomic E-state index is 0.00947. The van der Waals surface area contributed by atoms with E-state index in [4.69, 9.17) is 4.74 Å². The van der Waals surface area contributed by atoms with E-state index in [0.29, 0.717) is 27.4 Å². The molecule has 0 aliphatic heterocycles. The number of halogens is 1. The number of pyridine rings is 1. The second-order valence-corrected chi connectivity index (χ2v) is 7.19. The largest absolute Gasteiger partial charge is 0.435 e. The molecule has 0 saturated carbocycles. The molecule has 0 saturated heterocycles. The molecule has 0 spiro atoms. The van der Waals surface area contributed by atoms with Crippen molar-refractivity contribution in [2.75, 3.05) is 5.75 Å². The summed E-state index contributed by atoms with van der Waals surface area (Å²) in [5.41, 5.74) is 2.35. The number of thiophene rings is 1. The van der Waals surface area contributed by atoms with Crippen molar-refractivity contribution in [2.45, 2.75) is 5.03 Å². The van der Waals surface area contributed by atoms with E-state index in [2.05, 4.69) is 17.6 Å². The van der Waals surface area contributed by atoms with Crippen molar-refractivity contribution in [1.29, 1.82) is 5.26 Å². The van der Waals surface area contributed by atoms with Crippen molar-refractivity contribution in [2.24, 2.45) is 0 Å². The van der Waals surface area contributed by atoms with Crippen LogP contribution in [-0.4, -0.2) is 16.7 Å². The highest BCUT2D eigenvalue weighted by Gasteiger charge is 2.17. The van der Waals surface area contributed by atoms with E-state index in [0.717, 1.165) is 22.9 Å². The number of ether oxygens (including phenoxy) is 1. The number of hydrogen-bond acceptors (Lipinski definition) is 6. The van der Waals surface area contributed by atoms with Crippen LogP contribution >= 0.6 is 23.1 Å². The summed E-state index contributed by atoms with van der Waals surface area (Å²) in [6.45, 7) is 3.35. The van der Waals surface area contributed by atoms with Gasteiger partial charge in [0, 0.05) is 5.56 Å². The molecular formula is C20H13FN2O2S2. The number of nitriles is 1. The Morgan fingerprint density at radius 1 is 1.37 bits per heavy atom. The maximum Gasteiger partial charge on any atom is 0.321 e. The molecule has 0 radical (unpaired) electrons. The Morgan fingerprint density at radius 2 is 2.15 bits per heavy atom. The fraction of sp³-hybridized carbons (Fsp3) is 0.0500. The number of benzene rings is 1. The second-order valence-electron chi connectivity index (χ2n) is 5.28. The summed E-state index contributed by atoms with van der Waals surface area (Å²) in [7, 11) is 0. The van der Waals surface area contributed by atoms with E-state index in [-0.39, 0.29) is 11.6 Å². The molecule has 0 bridgehead atoms. The maximum atomic E-state index is 13.3. The molecule has 2 heterocycles. The van der Waals surface area contributed by atoms with Crippen LogP contribution in [0, 0.1) is 17.1 Å². The molecule has 0 atom stereocenters. The molecule has 1 aromatic carbocycles. The molecule has 0 amide bonds. The molecule has 134 valence electrons. The van der Waals surface area contributed by atoms with E-state index in [1.54, 1.807) is 12.1 Å². The average Bonchev–Trinajstić information content (AvgIpc) is 3.21. The van der Waals surface area contributed by atoms with Crippen LogP contribution in [-0.2, 0) is 9.53 Å². The minimum Gasteiger partial charge on any atom is -0.435 e. The Labute approximate surface area is 163 Å². The third-order valence-electron chi connectivity index (χ3n) is 3.57. The average molecular weight is 396 g/mol. The second kappa shape index (κ2) is 8.62. The first-order valence-electron chi connectivity index (χ1n) is 7.80. The zero-order valence-electron chi connectivity index (χ0n) is 14.0. The van der Waals surface area contributed by atoms with Gasteiger partial charge >= 0.3 is 5.97 Å². The number of carbonyl (C=O) groups excluding carboxylic acids is 1. The van der Waals surface area contributed by atoms with Crippen LogP contribution in [0.15, 0.2) is 65.7 Å². The third kappa shape index (κ3) is 4.42. The maximum absolute atomic E-state index is 13.3. The molecule has 4 nitrogen and oxygen atoms in total. The number of carbonyl (C=O) groups is 1. The molecule has 0 aliphatic carbocycles. The lowest BCUT2D eigenvalue weighted by Gasteiger charge is -2.11. The molecule has 3 rings (SSSR count). The van der Waals surface area contributed by atoms with Crippen LogP contribution in [0.3, 0.4) is 0 Å². The lowest BCUT2D eigenvalue weighted by molar-refractivity contribution is -0.134. The number of esters is 1. The zero-order valence-corrected chi connectivity index (χ0v) is 15.6. The molecule has 0 fully saturated rings.